The second kappa shape index (κ2) is 6.37. The van der Waals surface area contributed by atoms with Crippen LogP contribution in [-0.2, 0) is 9.53 Å². The third-order valence-corrected chi connectivity index (χ3v) is 4.01. The number of nitrogens with one attached hydrogen (secondary N) is 2. The van der Waals surface area contributed by atoms with Gasteiger partial charge in [0.25, 0.3) is 0 Å². The van der Waals surface area contributed by atoms with Crippen LogP contribution in [0.2, 0.25) is 0 Å². The molecule has 0 saturated carbocycles. The molecule has 1 saturated heterocycles. The molecular weight excluding hydrogens is 306 g/mol. The maximum Gasteiger partial charge on any atom is 0.249 e. The smallest absolute Gasteiger partial charge is 0.249 e. The molecule has 122 valence electrons. The normalized spacial score (nSPS) is 17.2. The highest BCUT2D eigenvalue weighted by molar-refractivity contribution is 5.89. The quantitative estimate of drug-likeness (QED) is 0.769. The number of carbonyl (C=O) groups excluding carboxylic acids is 1. The molecule has 0 spiro atoms. The van der Waals surface area contributed by atoms with E-state index in [1.54, 1.807) is 0 Å². The number of anilines is 1. The number of aromatic nitrogens is 4. The maximum absolute atomic E-state index is 12.0. The summed E-state index contributed by atoms with van der Waals surface area (Å²) in [6.07, 6.45) is 2.27. The fraction of sp³-hybridized carbons (Fsp3) is 0.294. The summed E-state index contributed by atoms with van der Waals surface area (Å²) in [7, 11) is 0. The van der Waals surface area contributed by atoms with Crippen LogP contribution in [0.3, 0.4) is 0 Å². The molecule has 4 rings (SSSR count). The highest BCUT2D eigenvalue weighted by Crippen LogP contribution is 2.19. The predicted molar refractivity (Wildman–Crippen MR) is 89.3 cm³/mol. The van der Waals surface area contributed by atoms with Gasteiger partial charge in [-0.15, -0.1) is 5.10 Å². The van der Waals surface area contributed by atoms with E-state index in [9.17, 15) is 4.79 Å². The van der Waals surface area contributed by atoms with Crippen LogP contribution in [0.1, 0.15) is 19.3 Å². The molecule has 2 N–H and O–H groups in total. The van der Waals surface area contributed by atoms with Crippen molar-refractivity contribution in [3.05, 3.63) is 36.4 Å². The summed E-state index contributed by atoms with van der Waals surface area (Å²) in [4.78, 5) is 20.8. The number of pyridine rings is 1. The lowest BCUT2D eigenvalue weighted by Gasteiger charge is -2.07. The number of aromatic amines is 1. The lowest BCUT2D eigenvalue weighted by molar-refractivity contribution is -0.118. The lowest BCUT2D eigenvalue weighted by atomic mass is 10.2. The summed E-state index contributed by atoms with van der Waals surface area (Å²) in [5.41, 5.74) is 1.57. The SMILES string of the molecule is O=C(CC1CCCO1)Nc1n[nH]c(-c2ccc3ccccc3n2)n1. The van der Waals surface area contributed by atoms with E-state index in [0.717, 1.165) is 30.4 Å². The van der Waals surface area contributed by atoms with Gasteiger partial charge in [0.2, 0.25) is 11.9 Å². The predicted octanol–water partition coefficient (Wildman–Crippen LogP) is 2.53. The number of fused-ring (bicyclic) bond motifs is 1. The summed E-state index contributed by atoms with van der Waals surface area (Å²) in [6.45, 7) is 0.733. The Kier molecular flexibility index (Phi) is 3.92. The topological polar surface area (TPSA) is 92.8 Å². The molecule has 3 heterocycles. The van der Waals surface area contributed by atoms with Gasteiger partial charge in [-0.2, -0.15) is 4.98 Å². The molecule has 1 aliphatic heterocycles. The summed E-state index contributed by atoms with van der Waals surface area (Å²) in [5.74, 6) is 0.634. The van der Waals surface area contributed by atoms with Gasteiger partial charge in [-0.1, -0.05) is 24.3 Å². The third kappa shape index (κ3) is 3.11. The van der Waals surface area contributed by atoms with Crippen molar-refractivity contribution in [3.63, 3.8) is 0 Å². The van der Waals surface area contributed by atoms with Gasteiger partial charge >= 0.3 is 0 Å². The van der Waals surface area contributed by atoms with Crippen LogP contribution in [-0.4, -0.2) is 38.8 Å². The molecule has 1 aromatic carbocycles. The Balaban J connectivity index is 1.47. The van der Waals surface area contributed by atoms with Crippen molar-refractivity contribution < 1.29 is 9.53 Å². The Morgan fingerprint density at radius 2 is 2.17 bits per heavy atom. The number of carbonyl (C=O) groups is 1. The van der Waals surface area contributed by atoms with Crippen LogP contribution in [0.15, 0.2) is 36.4 Å². The number of H-pyrrole nitrogens is 1. The molecule has 7 nitrogen and oxygen atoms in total. The van der Waals surface area contributed by atoms with E-state index in [1.807, 2.05) is 36.4 Å². The number of nitrogens with zero attached hydrogens (tertiary/aromatic N) is 3. The zero-order chi connectivity index (χ0) is 16.4. The van der Waals surface area contributed by atoms with Crippen molar-refractivity contribution in [2.45, 2.75) is 25.4 Å². The van der Waals surface area contributed by atoms with Crippen LogP contribution in [0, 0.1) is 0 Å². The van der Waals surface area contributed by atoms with E-state index in [0.29, 0.717) is 17.9 Å². The molecule has 3 aromatic rings. The van der Waals surface area contributed by atoms with Crippen LogP contribution < -0.4 is 5.32 Å². The Hall–Kier alpha value is -2.80. The third-order valence-electron chi connectivity index (χ3n) is 4.01. The summed E-state index contributed by atoms with van der Waals surface area (Å²) >= 11 is 0. The van der Waals surface area contributed by atoms with Crippen molar-refractivity contribution >= 4 is 22.8 Å². The maximum atomic E-state index is 12.0. The van der Waals surface area contributed by atoms with Crippen molar-refractivity contribution in [2.24, 2.45) is 0 Å². The average Bonchev–Trinajstić information content (AvgIpc) is 3.26. The molecule has 2 aromatic heterocycles. The summed E-state index contributed by atoms with van der Waals surface area (Å²) in [5, 5.41) is 10.6. The summed E-state index contributed by atoms with van der Waals surface area (Å²) in [6, 6.07) is 11.7. The summed E-state index contributed by atoms with van der Waals surface area (Å²) < 4.78 is 5.46. The van der Waals surface area contributed by atoms with Crippen LogP contribution in [0.25, 0.3) is 22.4 Å². The molecule has 0 bridgehead atoms. The minimum Gasteiger partial charge on any atom is -0.378 e. The fourth-order valence-electron chi connectivity index (χ4n) is 2.82. The van der Waals surface area contributed by atoms with Gasteiger partial charge in [-0.05, 0) is 25.0 Å². The Labute approximate surface area is 138 Å². The van der Waals surface area contributed by atoms with Crippen molar-refractivity contribution in [2.75, 3.05) is 11.9 Å². The molecule has 1 aliphatic rings. The minimum absolute atomic E-state index is 0.00515. The van der Waals surface area contributed by atoms with Gasteiger partial charge in [0.05, 0.1) is 18.0 Å². The van der Waals surface area contributed by atoms with Crippen molar-refractivity contribution in [3.8, 4) is 11.5 Å². The highest BCUT2D eigenvalue weighted by atomic mass is 16.5. The molecular formula is C17H17N5O2. The van der Waals surface area contributed by atoms with Gasteiger partial charge in [0.15, 0.2) is 5.82 Å². The van der Waals surface area contributed by atoms with E-state index in [1.165, 1.54) is 0 Å². The number of benzene rings is 1. The van der Waals surface area contributed by atoms with E-state index < -0.39 is 0 Å². The highest BCUT2D eigenvalue weighted by Gasteiger charge is 2.20. The number of ether oxygens (including phenoxy) is 1. The number of rotatable bonds is 4. The van der Waals surface area contributed by atoms with Crippen molar-refractivity contribution in [1.82, 2.24) is 20.2 Å². The average molecular weight is 323 g/mol. The molecule has 7 heteroatoms. The van der Waals surface area contributed by atoms with Gasteiger partial charge in [0.1, 0.15) is 5.69 Å². The Morgan fingerprint density at radius 3 is 3.04 bits per heavy atom. The van der Waals surface area contributed by atoms with Gasteiger partial charge in [-0.25, -0.2) is 4.98 Å². The van der Waals surface area contributed by atoms with Gasteiger partial charge in [-0.3, -0.25) is 15.2 Å². The Bertz CT molecular complexity index is 870. The first-order valence-corrected chi connectivity index (χ1v) is 7.98. The van der Waals surface area contributed by atoms with Crippen LogP contribution >= 0.6 is 0 Å². The molecule has 1 atom stereocenters. The van der Waals surface area contributed by atoms with Gasteiger partial charge < -0.3 is 4.74 Å². The molecule has 1 unspecified atom stereocenters. The van der Waals surface area contributed by atoms with E-state index in [-0.39, 0.29) is 18.0 Å². The minimum atomic E-state index is -0.140. The molecule has 0 aliphatic carbocycles. The molecule has 0 radical (unpaired) electrons. The largest absolute Gasteiger partial charge is 0.378 e. The first-order valence-electron chi connectivity index (χ1n) is 7.98. The second-order valence-electron chi connectivity index (χ2n) is 5.78. The number of hydrogen-bond acceptors (Lipinski definition) is 5. The van der Waals surface area contributed by atoms with Gasteiger partial charge in [0, 0.05) is 12.0 Å². The van der Waals surface area contributed by atoms with E-state index in [2.05, 4.69) is 25.5 Å². The van der Waals surface area contributed by atoms with E-state index >= 15 is 0 Å². The zero-order valence-electron chi connectivity index (χ0n) is 13.0. The lowest BCUT2D eigenvalue weighted by Crippen LogP contribution is -2.19. The van der Waals surface area contributed by atoms with E-state index in [4.69, 9.17) is 4.74 Å². The monoisotopic (exact) mass is 323 g/mol. The van der Waals surface area contributed by atoms with Crippen LogP contribution in [0.4, 0.5) is 5.95 Å². The van der Waals surface area contributed by atoms with Crippen LogP contribution in [0.5, 0.6) is 0 Å². The fourth-order valence-corrected chi connectivity index (χ4v) is 2.82. The standard InChI is InChI=1S/C17H17N5O2/c23-15(10-12-5-3-9-24-12)19-17-20-16(21-22-17)14-8-7-11-4-1-2-6-13(11)18-14/h1-2,4,6-8,12H,3,5,9-10H2,(H2,19,20,21,22,23). The molecule has 1 fully saturated rings. The molecule has 24 heavy (non-hydrogen) atoms. The first kappa shape index (κ1) is 14.8. The number of para-hydroxylation sites is 1. The Morgan fingerprint density at radius 1 is 1.25 bits per heavy atom. The number of hydrogen-bond donors (Lipinski definition) is 2. The molecule has 1 amide bonds. The first-order chi connectivity index (χ1) is 11.8. The number of amides is 1. The second-order valence-corrected chi connectivity index (χ2v) is 5.78. The zero-order valence-corrected chi connectivity index (χ0v) is 13.0. The van der Waals surface area contributed by atoms with Crippen molar-refractivity contribution in [1.29, 1.82) is 0 Å².